The maximum absolute atomic E-state index is 15.6. The molecule has 0 bridgehead atoms. The van der Waals surface area contributed by atoms with Gasteiger partial charge in [0, 0.05) is 44.1 Å². The largest absolute Gasteiger partial charge is 0.349 e. The number of benzene rings is 2. The number of carbonyl (C=O) groups excluding carboxylic acids is 4. The minimum Gasteiger partial charge on any atom is -0.344 e. The van der Waals surface area contributed by atoms with E-state index in [2.05, 4.69) is 20.9 Å². The number of amides is 4. The molecule has 4 rings (SSSR count). The summed E-state index contributed by atoms with van der Waals surface area (Å²) in [5, 5.41) is 7.59. The standard InChI is InChI=1S/C35H46F3N5O4/c1-5-29(44)40-30(33(46)43-18-16-42(4)17-19-43)23(3)25-14-15-28(27(36)21-25)39-32(45)31(24-11-7-6-8-12-24)41-34(47)35(37,38)26-13-9-10-22(2)20-26/h9-10,13-15,20-21,23-24,30-31H,5-8,11-12,16-19H2,1-4H3,(H,39,45)(H,40,44)(H,41,47)/t23-,30+,31-/m0/s1. The zero-order valence-electron chi connectivity index (χ0n) is 27.6. The summed E-state index contributed by atoms with van der Waals surface area (Å²) in [6, 6.07) is 7.35. The van der Waals surface area contributed by atoms with Crippen molar-refractivity contribution < 1.29 is 32.3 Å². The molecule has 2 aliphatic rings. The highest BCUT2D eigenvalue weighted by molar-refractivity contribution is 5.98. The molecule has 1 saturated heterocycles. The molecule has 0 radical (unpaired) electrons. The number of piperazine rings is 1. The van der Waals surface area contributed by atoms with Crippen molar-refractivity contribution in [3.63, 3.8) is 0 Å². The smallest absolute Gasteiger partial charge is 0.344 e. The van der Waals surface area contributed by atoms with Gasteiger partial charge in [-0.25, -0.2) is 4.39 Å². The Kier molecular flexibility index (Phi) is 12.1. The molecule has 256 valence electrons. The second-order valence-corrected chi connectivity index (χ2v) is 12.8. The quantitative estimate of drug-likeness (QED) is 0.325. The van der Waals surface area contributed by atoms with Crippen molar-refractivity contribution in [2.24, 2.45) is 5.92 Å². The van der Waals surface area contributed by atoms with Gasteiger partial charge in [0.05, 0.1) is 5.69 Å². The predicted molar refractivity (Wildman–Crippen MR) is 173 cm³/mol. The first-order valence-corrected chi connectivity index (χ1v) is 16.4. The van der Waals surface area contributed by atoms with Crippen molar-refractivity contribution in [2.45, 2.75) is 83.2 Å². The minimum atomic E-state index is -3.88. The zero-order valence-corrected chi connectivity index (χ0v) is 27.6. The lowest BCUT2D eigenvalue weighted by Gasteiger charge is -2.36. The first-order chi connectivity index (χ1) is 22.3. The van der Waals surface area contributed by atoms with Gasteiger partial charge < -0.3 is 25.8 Å². The minimum absolute atomic E-state index is 0.175. The Morgan fingerprint density at radius 3 is 2.26 bits per heavy atom. The Bertz CT molecular complexity index is 1440. The number of nitrogens with zero attached hydrogens (tertiary/aromatic N) is 2. The van der Waals surface area contributed by atoms with Gasteiger partial charge in [-0.05, 0) is 56.5 Å². The van der Waals surface area contributed by atoms with Gasteiger partial charge in [-0.15, -0.1) is 0 Å². The normalized spacial score (nSPS) is 18.1. The van der Waals surface area contributed by atoms with Crippen LogP contribution in [0.2, 0.25) is 0 Å². The van der Waals surface area contributed by atoms with Crippen LogP contribution in [0.15, 0.2) is 42.5 Å². The fraction of sp³-hybridized carbons (Fsp3) is 0.543. The Balaban J connectivity index is 1.52. The summed E-state index contributed by atoms with van der Waals surface area (Å²) in [6.45, 7) is 7.47. The van der Waals surface area contributed by atoms with E-state index in [1.807, 2.05) is 7.05 Å². The van der Waals surface area contributed by atoms with Gasteiger partial charge in [-0.1, -0.05) is 62.9 Å². The molecule has 2 aromatic rings. The molecular formula is C35H46F3N5O4. The highest BCUT2D eigenvalue weighted by Crippen LogP contribution is 2.32. The van der Waals surface area contributed by atoms with Crippen molar-refractivity contribution in [3.8, 4) is 0 Å². The summed E-state index contributed by atoms with van der Waals surface area (Å²) in [6.07, 6.45) is 3.78. The van der Waals surface area contributed by atoms with Gasteiger partial charge in [-0.2, -0.15) is 8.78 Å². The fourth-order valence-electron chi connectivity index (χ4n) is 6.29. The van der Waals surface area contributed by atoms with Crippen LogP contribution in [0.5, 0.6) is 0 Å². The number of halogens is 3. The molecule has 9 nitrogen and oxygen atoms in total. The third kappa shape index (κ3) is 8.91. The Hall–Kier alpha value is -3.93. The maximum atomic E-state index is 15.6. The lowest BCUT2D eigenvalue weighted by Crippen LogP contribution is -2.55. The molecule has 1 saturated carbocycles. The van der Waals surface area contributed by atoms with Gasteiger partial charge in [0.2, 0.25) is 17.7 Å². The molecule has 1 heterocycles. The number of alkyl halides is 2. The van der Waals surface area contributed by atoms with E-state index in [0.29, 0.717) is 50.1 Å². The summed E-state index contributed by atoms with van der Waals surface area (Å²) in [7, 11) is 1.97. The molecule has 12 heteroatoms. The number of hydrogen-bond donors (Lipinski definition) is 3. The molecule has 3 atom stereocenters. The van der Waals surface area contributed by atoms with E-state index in [-0.39, 0.29) is 23.9 Å². The molecule has 0 aromatic heterocycles. The summed E-state index contributed by atoms with van der Waals surface area (Å²) < 4.78 is 46.0. The van der Waals surface area contributed by atoms with Crippen LogP contribution in [0, 0.1) is 18.7 Å². The van der Waals surface area contributed by atoms with E-state index in [4.69, 9.17) is 0 Å². The SMILES string of the molecule is CCC(=O)N[C@@H](C(=O)N1CCN(C)CC1)[C@@H](C)c1ccc(NC(=O)[C@@H](NC(=O)C(F)(F)c2cccc(C)c2)C2CCCCC2)c(F)c1. The third-order valence-corrected chi connectivity index (χ3v) is 9.35. The average molecular weight is 658 g/mol. The van der Waals surface area contributed by atoms with Gasteiger partial charge in [0.15, 0.2) is 0 Å². The number of nitrogens with one attached hydrogen (secondary N) is 3. The van der Waals surface area contributed by atoms with Crippen molar-refractivity contribution in [3.05, 3.63) is 65.0 Å². The molecule has 2 aromatic carbocycles. The highest BCUT2D eigenvalue weighted by Gasteiger charge is 2.44. The van der Waals surface area contributed by atoms with Crippen LogP contribution in [0.1, 0.15) is 75.0 Å². The van der Waals surface area contributed by atoms with Crippen LogP contribution in [0.25, 0.3) is 0 Å². The number of rotatable bonds is 11. The Morgan fingerprint density at radius 1 is 0.957 bits per heavy atom. The van der Waals surface area contributed by atoms with Crippen LogP contribution < -0.4 is 16.0 Å². The number of hydrogen-bond acceptors (Lipinski definition) is 5. The van der Waals surface area contributed by atoms with E-state index in [1.165, 1.54) is 24.3 Å². The predicted octanol–water partition coefficient (Wildman–Crippen LogP) is 4.70. The fourth-order valence-corrected chi connectivity index (χ4v) is 6.29. The summed E-state index contributed by atoms with van der Waals surface area (Å²) in [5.74, 6) is -8.62. The first-order valence-electron chi connectivity index (χ1n) is 16.4. The number of anilines is 1. The van der Waals surface area contributed by atoms with Gasteiger partial charge in [0.25, 0.3) is 5.91 Å². The van der Waals surface area contributed by atoms with Crippen LogP contribution in [0.3, 0.4) is 0 Å². The molecule has 2 fully saturated rings. The molecule has 47 heavy (non-hydrogen) atoms. The van der Waals surface area contributed by atoms with E-state index in [9.17, 15) is 19.2 Å². The van der Waals surface area contributed by atoms with Crippen molar-refractivity contribution in [1.29, 1.82) is 0 Å². The van der Waals surface area contributed by atoms with Crippen LogP contribution >= 0.6 is 0 Å². The van der Waals surface area contributed by atoms with Crippen molar-refractivity contribution >= 4 is 29.3 Å². The van der Waals surface area contributed by atoms with E-state index in [0.717, 1.165) is 25.3 Å². The van der Waals surface area contributed by atoms with Crippen LogP contribution in [-0.2, 0) is 25.1 Å². The van der Waals surface area contributed by atoms with Crippen LogP contribution in [-0.4, -0.2) is 78.7 Å². The zero-order chi connectivity index (χ0) is 34.3. The molecule has 4 amide bonds. The second kappa shape index (κ2) is 15.8. The Morgan fingerprint density at radius 2 is 1.64 bits per heavy atom. The van der Waals surface area contributed by atoms with E-state index < -0.39 is 53.0 Å². The lowest BCUT2D eigenvalue weighted by molar-refractivity contribution is -0.149. The van der Waals surface area contributed by atoms with Gasteiger partial charge in [0.1, 0.15) is 17.9 Å². The summed E-state index contributed by atoms with van der Waals surface area (Å²) >= 11 is 0. The Labute approximate surface area is 274 Å². The van der Waals surface area contributed by atoms with Crippen molar-refractivity contribution in [1.82, 2.24) is 20.4 Å². The number of carbonyl (C=O) groups is 4. The molecule has 1 aliphatic carbocycles. The average Bonchev–Trinajstić information content (AvgIpc) is 3.06. The number of aryl methyl sites for hydroxylation is 1. The molecule has 0 unspecified atom stereocenters. The third-order valence-electron chi connectivity index (χ3n) is 9.35. The lowest BCUT2D eigenvalue weighted by atomic mass is 9.83. The van der Waals surface area contributed by atoms with E-state index in [1.54, 1.807) is 37.8 Å². The first kappa shape index (κ1) is 35.9. The number of likely N-dealkylation sites (N-methyl/N-ethyl adjacent to an activating group) is 1. The van der Waals surface area contributed by atoms with Crippen molar-refractivity contribution in [2.75, 3.05) is 38.5 Å². The highest BCUT2D eigenvalue weighted by atomic mass is 19.3. The molecular weight excluding hydrogens is 611 g/mol. The molecule has 0 spiro atoms. The van der Waals surface area contributed by atoms with Crippen LogP contribution in [0.4, 0.5) is 18.9 Å². The monoisotopic (exact) mass is 657 g/mol. The second-order valence-electron chi connectivity index (χ2n) is 12.8. The topological polar surface area (TPSA) is 111 Å². The molecule has 3 N–H and O–H groups in total. The summed E-state index contributed by atoms with van der Waals surface area (Å²) in [4.78, 5) is 56.2. The summed E-state index contributed by atoms with van der Waals surface area (Å²) in [5.41, 5.74) is 0.325. The van der Waals surface area contributed by atoms with Gasteiger partial charge >= 0.3 is 5.92 Å². The van der Waals surface area contributed by atoms with E-state index >= 15 is 13.2 Å². The van der Waals surface area contributed by atoms with Gasteiger partial charge in [-0.3, -0.25) is 19.2 Å². The maximum Gasteiger partial charge on any atom is 0.349 e. The molecule has 1 aliphatic heterocycles.